The first-order valence-corrected chi connectivity index (χ1v) is 8.62. The summed E-state index contributed by atoms with van der Waals surface area (Å²) in [5.74, 6) is 0. The van der Waals surface area contributed by atoms with E-state index in [1.807, 2.05) is 0 Å². The topological polar surface area (TPSA) is 9.23 Å². The summed E-state index contributed by atoms with van der Waals surface area (Å²) in [6, 6.07) is 3.42. The van der Waals surface area contributed by atoms with Crippen LogP contribution in [0.1, 0.15) is 36.1 Å². The molecule has 0 aliphatic rings. The van der Waals surface area contributed by atoms with E-state index in [1.54, 1.807) is 0 Å². The third kappa shape index (κ3) is 5.71. The molecule has 1 nitrogen and oxygen atoms in total. The van der Waals surface area contributed by atoms with Crippen molar-refractivity contribution in [2.45, 2.75) is 45.4 Å². The number of rotatable bonds is 4. The van der Waals surface area contributed by atoms with Crippen LogP contribution in [0.15, 0.2) is 36.4 Å². The summed E-state index contributed by atoms with van der Waals surface area (Å²) in [5, 5.41) is 0. The number of benzene rings is 2. The number of aryl methyl sites for hydroxylation is 1. The standard InChI is InChI=1S/C19H16BF9O/c1-10(2)30-20(16-9-12(17(21,22)23)5-4-11(16)3)15-7-13(18(24,25)26)6-14(8-15)19(27,28)29/h4-10H,1-3H3. The second-order valence-electron chi connectivity index (χ2n) is 6.97. The number of alkyl halides is 9. The lowest BCUT2D eigenvalue weighted by molar-refractivity contribution is -0.143. The van der Waals surface area contributed by atoms with Crippen molar-refractivity contribution in [1.29, 1.82) is 0 Å². The summed E-state index contributed by atoms with van der Waals surface area (Å²) in [5.41, 5.74) is -4.74. The number of halogens is 9. The zero-order valence-corrected chi connectivity index (χ0v) is 15.9. The average molecular weight is 442 g/mol. The van der Waals surface area contributed by atoms with Gasteiger partial charge >= 0.3 is 25.4 Å². The van der Waals surface area contributed by atoms with Crippen molar-refractivity contribution in [3.8, 4) is 0 Å². The van der Waals surface area contributed by atoms with Crippen LogP contribution in [0.5, 0.6) is 0 Å². The molecule has 0 fully saturated rings. The first-order chi connectivity index (χ1) is 13.5. The Morgan fingerprint density at radius 3 is 1.57 bits per heavy atom. The highest BCUT2D eigenvalue weighted by Gasteiger charge is 2.39. The van der Waals surface area contributed by atoms with E-state index in [-0.39, 0.29) is 17.1 Å². The molecule has 0 bridgehead atoms. The third-order valence-electron chi connectivity index (χ3n) is 4.21. The normalized spacial score (nSPS) is 13.1. The average Bonchev–Trinajstić information content (AvgIpc) is 2.57. The maximum absolute atomic E-state index is 13.2. The molecule has 164 valence electrons. The third-order valence-corrected chi connectivity index (χ3v) is 4.21. The van der Waals surface area contributed by atoms with Crippen LogP contribution in [0.25, 0.3) is 0 Å². The zero-order valence-electron chi connectivity index (χ0n) is 15.9. The van der Waals surface area contributed by atoms with Gasteiger partial charge in [0.15, 0.2) is 0 Å². The first-order valence-electron chi connectivity index (χ1n) is 8.62. The van der Waals surface area contributed by atoms with E-state index in [2.05, 4.69) is 0 Å². The van der Waals surface area contributed by atoms with Gasteiger partial charge < -0.3 is 4.65 Å². The van der Waals surface area contributed by atoms with Gasteiger partial charge in [-0.15, -0.1) is 0 Å². The Morgan fingerprint density at radius 1 is 0.700 bits per heavy atom. The minimum absolute atomic E-state index is 0.0467. The summed E-state index contributed by atoms with van der Waals surface area (Å²) in [7, 11) is 0. The molecule has 2 aromatic rings. The molecule has 0 aromatic heterocycles. The van der Waals surface area contributed by atoms with E-state index in [1.165, 1.54) is 20.8 Å². The van der Waals surface area contributed by atoms with Crippen LogP contribution < -0.4 is 10.9 Å². The molecule has 0 N–H and O–H groups in total. The van der Waals surface area contributed by atoms with Gasteiger partial charge in [-0.2, -0.15) is 39.5 Å². The fourth-order valence-corrected chi connectivity index (χ4v) is 2.83. The van der Waals surface area contributed by atoms with Crippen LogP contribution in [-0.4, -0.2) is 13.0 Å². The fourth-order valence-electron chi connectivity index (χ4n) is 2.83. The van der Waals surface area contributed by atoms with Crippen molar-refractivity contribution in [1.82, 2.24) is 0 Å². The maximum Gasteiger partial charge on any atom is 0.416 e. The molecule has 0 heterocycles. The molecular weight excluding hydrogens is 426 g/mol. The SMILES string of the molecule is Cc1ccc(C(F)(F)F)cc1B(OC(C)C)c1cc(C(F)(F)F)cc(C(F)(F)F)c1. The summed E-state index contributed by atoms with van der Waals surface area (Å²) < 4.78 is 124. The van der Waals surface area contributed by atoms with Gasteiger partial charge in [0, 0.05) is 6.10 Å². The molecule has 0 amide bonds. The van der Waals surface area contributed by atoms with Gasteiger partial charge in [-0.1, -0.05) is 29.8 Å². The van der Waals surface area contributed by atoms with E-state index in [0.717, 1.165) is 12.1 Å². The second-order valence-corrected chi connectivity index (χ2v) is 6.97. The molecule has 0 saturated heterocycles. The fraction of sp³-hybridized carbons (Fsp3) is 0.368. The van der Waals surface area contributed by atoms with Gasteiger partial charge in [-0.25, -0.2) is 0 Å². The molecule has 0 aliphatic heterocycles. The number of hydrogen-bond acceptors (Lipinski definition) is 1. The van der Waals surface area contributed by atoms with Gasteiger partial charge in [0.05, 0.1) is 16.7 Å². The van der Waals surface area contributed by atoms with E-state index in [4.69, 9.17) is 4.65 Å². The first kappa shape index (κ1) is 24.1. The molecule has 2 aromatic carbocycles. The molecule has 0 atom stereocenters. The molecule has 11 heteroatoms. The Kier molecular flexibility index (Phi) is 6.56. The minimum Gasteiger partial charge on any atom is -0.425 e. The predicted molar refractivity (Wildman–Crippen MR) is 93.9 cm³/mol. The molecule has 0 aliphatic carbocycles. The lowest BCUT2D eigenvalue weighted by atomic mass is 9.53. The van der Waals surface area contributed by atoms with E-state index < -0.39 is 53.7 Å². The van der Waals surface area contributed by atoms with Crippen LogP contribution in [0.4, 0.5) is 39.5 Å². The molecule has 0 unspecified atom stereocenters. The highest BCUT2D eigenvalue weighted by atomic mass is 19.4. The number of hydrogen-bond donors (Lipinski definition) is 0. The lowest BCUT2D eigenvalue weighted by Crippen LogP contribution is -2.48. The smallest absolute Gasteiger partial charge is 0.416 e. The van der Waals surface area contributed by atoms with E-state index >= 15 is 0 Å². The van der Waals surface area contributed by atoms with Crippen LogP contribution in [0.3, 0.4) is 0 Å². The molecule has 0 spiro atoms. The highest BCUT2D eigenvalue weighted by molar-refractivity contribution is 6.80. The Morgan fingerprint density at radius 2 is 1.17 bits per heavy atom. The van der Waals surface area contributed by atoms with E-state index in [0.29, 0.717) is 18.2 Å². The van der Waals surface area contributed by atoms with Crippen molar-refractivity contribution in [3.63, 3.8) is 0 Å². The molecular formula is C19H16BF9O. The summed E-state index contributed by atoms with van der Waals surface area (Å²) in [6.07, 6.45) is -15.6. The summed E-state index contributed by atoms with van der Waals surface area (Å²) >= 11 is 0. The van der Waals surface area contributed by atoms with E-state index in [9.17, 15) is 39.5 Å². The van der Waals surface area contributed by atoms with Gasteiger partial charge in [-0.05, 0) is 43.8 Å². The van der Waals surface area contributed by atoms with Gasteiger partial charge in [0.25, 0.3) is 0 Å². The summed E-state index contributed by atoms with van der Waals surface area (Å²) in [4.78, 5) is 0. The Bertz CT molecular complexity index is 866. The van der Waals surface area contributed by atoms with Gasteiger partial charge in [0.2, 0.25) is 0 Å². The van der Waals surface area contributed by atoms with Crippen LogP contribution in [0.2, 0.25) is 0 Å². The second kappa shape index (κ2) is 8.17. The maximum atomic E-state index is 13.2. The lowest BCUT2D eigenvalue weighted by Gasteiger charge is -2.23. The van der Waals surface area contributed by atoms with Crippen LogP contribution >= 0.6 is 0 Å². The molecule has 2 rings (SSSR count). The Labute approximate surface area is 167 Å². The molecule has 0 saturated carbocycles. The Balaban J connectivity index is 2.77. The quantitative estimate of drug-likeness (QED) is 0.444. The van der Waals surface area contributed by atoms with Gasteiger partial charge in [0.1, 0.15) is 0 Å². The van der Waals surface area contributed by atoms with Crippen LogP contribution in [0, 0.1) is 6.92 Å². The van der Waals surface area contributed by atoms with Crippen molar-refractivity contribution >= 4 is 17.8 Å². The van der Waals surface area contributed by atoms with Crippen molar-refractivity contribution < 1.29 is 44.2 Å². The highest BCUT2D eigenvalue weighted by Crippen LogP contribution is 2.35. The minimum atomic E-state index is -5.10. The Hall–Kier alpha value is -2.17. The molecule has 0 radical (unpaired) electrons. The zero-order chi connectivity index (χ0) is 23.1. The monoisotopic (exact) mass is 442 g/mol. The van der Waals surface area contributed by atoms with Crippen LogP contribution in [-0.2, 0) is 23.2 Å². The predicted octanol–water partition coefficient (Wildman–Crippen LogP) is 5.58. The van der Waals surface area contributed by atoms with Crippen molar-refractivity contribution in [2.75, 3.05) is 0 Å². The van der Waals surface area contributed by atoms with Gasteiger partial charge in [-0.3, -0.25) is 0 Å². The van der Waals surface area contributed by atoms with Crippen molar-refractivity contribution in [2.24, 2.45) is 0 Å². The van der Waals surface area contributed by atoms with Crippen molar-refractivity contribution in [3.05, 3.63) is 58.7 Å². The molecule has 30 heavy (non-hydrogen) atoms. The largest absolute Gasteiger partial charge is 0.425 e. The summed E-state index contributed by atoms with van der Waals surface area (Å²) in [6.45, 7) is 2.75.